The van der Waals surface area contributed by atoms with Crippen molar-refractivity contribution < 1.29 is 17.9 Å². The molecule has 2 aromatic rings. The molecule has 0 saturated heterocycles. The molecule has 0 radical (unpaired) electrons. The van der Waals surface area contributed by atoms with Crippen molar-refractivity contribution in [1.82, 2.24) is 4.98 Å². The van der Waals surface area contributed by atoms with Gasteiger partial charge in [-0.05, 0) is 37.1 Å². The molecule has 0 spiro atoms. The zero-order valence-corrected chi connectivity index (χ0v) is 16.4. The number of nitrogens with one attached hydrogen (secondary N) is 2. The summed E-state index contributed by atoms with van der Waals surface area (Å²) in [6, 6.07) is 8.56. The molecule has 2 N–H and O–H groups in total. The van der Waals surface area contributed by atoms with Gasteiger partial charge >= 0.3 is 0 Å². The minimum absolute atomic E-state index is 0.00411. The molecule has 0 atom stereocenters. The van der Waals surface area contributed by atoms with Gasteiger partial charge in [0.15, 0.2) is 0 Å². The van der Waals surface area contributed by atoms with E-state index in [1.807, 2.05) is 6.07 Å². The number of benzene rings is 1. The molecule has 146 valence electrons. The van der Waals surface area contributed by atoms with Crippen LogP contribution in [0.5, 0.6) is 11.5 Å². The first-order valence-corrected chi connectivity index (χ1v) is 10.5. The molecular formula is C19H25N3O4S. The van der Waals surface area contributed by atoms with E-state index in [0.717, 1.165) is 18.5 Å². The second-order valence-corrected chi connectivity index (χ2v) is 8.18. The Hall–Kier alpha value is -2.48. The molecule has 1 aliphatic rings. The third-order valence-corrected chi connectivity index (χ3v) is 6.01. The van der Waals surface area contributed by atoms with Crippen molar-refractivity contribution in [3.63, 3.8) is 0 Å². The molecular weight excluding hydrogens is 366 g/mol. The summed E-state index contributed by atoms with van der Waals surface area (Å²) in [6.07, 6.45) is 7.74. The summed E-state index contributed by atoms with van der Waals surface area (Å²) in [7, 11) is -0.968. The number of hydrogen-bond donors (Lipinski definition) is 2. The van der Waals surface area contributed by atoms with E-state index in [9.17, 15) is 8.42 Å². The summed E-state index contributed by atoms with van der Waals surface area (Å²) in [4.78, 5) is 4.22. The number of aromatic nitrogens is 1. The van der Waals surface area contributed by atoms with Crippen LogP contribution >= 0.6 is 0 Å². The van der Waals surface area contributed by atoms with Crippen molar-refractivity contribution >= 4 is 21.5 Å². The maximum Gasteiger partial charge on any atom is 0.266 e. The highest BCUT2D eigenvalue weighted by molar-refractivity contribution is 7.92. The van der Waals surface area contributed by atoms with Gasteiger partial charge in [-0.25, -0.2) is 13.4 Å². The Balaban J connectivity index is 1.74. The molecule has 0 amide bonds. The van der Waals surface area contributed by atoms with E-state index in [4.69, 9.17) is 9.47 Å². The number of ether oxygens (including phenoxy) is 2. The topological polar surface area (TPSA) is 89.5 Å². The van der Waals surface area contributed by atoms with E-state index >= 15 is 0 Å². The lowest BCUT2D eigenvalue weighted by atomic mass is 9.95. The first kappa shape index (κ1) is 19.3. The average molecular weight is 391 g/mol. The number of rotatable bonds is 7. The van der Waals surface area contributed by atoms with Crippen LogP contribution in [0.2, 0.25) is 0 Å². The van der Waals surface area contributed by atoms with Gasteiger partial charge in [0.25, 0.3) is 10.0 Å². The monoisotopic (exact) mass is 391 g/mol. The lowest BCUT2D eigenvalue weighted by molar-refractivity contribution is 0.392. The number of nitrogens with zero attached hydrogens (tertiary/aromatic N) is 1. The minimum Gasteiger partial charge on any atom is -0.497 e. The van der Waals surface area contributed by atoms with Crippen LogP contribution in [0.1, 0.15) is 32.1 Å². The van der Waals surface area contributed by atoms with Crippen molar-refractivity contribution in [3.8, 4) is 11.5 Å². The second-order valence-electron chi connectivity index (χ2n) is 6.53. The van der Waals surface area contributed by atoms with Crippen LogP contribution < -0.4 is 19.5 Å². The molecule has 1 heterocycles. The summed E-state index contributed by atoms with van der Waals surface area (Å²) in [6.45, 7) is 0. The molecule has 0 bridgehead atoms. The second kappa shape index (κ2) is 8.47. The molecule has 1 fully saturated rings. The number of hydrogen-bond acceptors (Lipinski definition) is 6. The summed E-state index contributed by atoms with van der Waals surface area (Å²) in [5.74, 6) is 0.907. The Labute approximate surface area is 160 Å². The van der Waals surface area contributed by atoms with Gasteiger partial charge in [-0.15, -0.1) is 0 Å². The average Bonchev–Trinajstić information content (AvgIpc) is 2.69. The molecule has 1 aromatic carbocycles. The number of methoxy groups -OCH3 is 2. The van der Waals surface area contributed by atoms with Crippen LogP contribution in [0.3, 0.4) is 0 Å². The highest BCUT2D eigenvalue weighted by atomic mass is 32.2. The molecule has 8 heteroatoms. The van der Waals surface area contributed by atoms with Crippen molar-refractivity contribution in [2.24, 2.45) is 0 Å². The normalized spacial score (nSPS) is 15.2. The lowest BCUT2D eigenvalue weighted by Gasteiger charge is -2.23. The van der Waals surface area contributed by atoms with Crippen molar-refractivity contribution in [3.05, 3.63) is 36.5 Å². The summed E-state index contributed by atoms with van der Waals surface area (Å²) in [5, 5.41) is 3.46. The highest BCUT2D eigenvalue weighted by Gasteiger charge is 2.21. The zero-order valence-electron chi connectivity index (χ0n) is 15.6. The number of pyridine rings is 1. The third-order valence-electron chi connectivity index (χ3n) is 4.64. The molecule has 3 rings (SSSR count). The van der Waals surface area contributed by atoms with E-state index in [2.05, 4.69) is 15.0 Å². The standard InChI is InChI=1S/C19H25N3O4S/c1-25-16-9-10-17(26-2)18(12-16)27(23,24)22-19-11-8-15(13-20-19)21-14-6-4-3-5-7-14/h8-14,21H,3-7H2,1-2H3,(H,20,22). The largest absolute Gasteiger partial charge is 0.497 e. The molecule has 1 saturated carbocycles. The Kier molecular flexibility index (Phi) is 6.05. The van der Waals surface area contributed by atoms with Crippen LogP contribution in [0.25, 0.3) is 0 Å². The van der Waals surface area contributed by atoms with Crippen LogP contribution in [0.15, 0.2) is 41.4 Å². The van der Waals surface area contributed by atoms with E-state index in [1.54, 1.807) is 24.4 Å². The molecule has 0 aliphatic heterocycles. The van der Waals surface area contributed by atoms with Gasteiger partial charge in [0, 0.05) is 12.1 Å². The van der Waals surface area contributed by atoms with Gasteiger partial charge in [0.1, 0.15) is 22.2 Å². The Bertz CT molecular complexity index is 863. The van der Waals surface area contributed by atoms with Crippen molar-refractivity contribution in [2.75, 3.05) is 24.3 Å². The maximum atomic E-state index is 12.7. The zero-order chi connectivity index (χ0) is 19.3. The van der Waals surface area contributed by atoms with Crippen molar-refractivity contribution in [2.45, 2.75) is 43.0 Å². The summed E-state index contributed by atoms with van der Waals surface area (Å²) in [5.41, 5.74) is 0.892. The number of sulfonamides is 1. The van der Waals surface area contributed by atoms with E-state index in [1.165, 1.54) is 39.5 Å². The molecule has 7 nitrogen and oxygen atoms in total. The molecule has 0 unspecified atom stereocenters. The Morgan fingerprint density at radius 3 is 2.44 bits per heavy atom. The van der Waals surface area contributed by atoms with Gasteiger partial charge in [-0.2, -0.15) is 0 Å². The highest BCUT2D eigenvalue weighted by Crippen LogP contribution is 2.29. The van der Waals surface area contributed by atoms with Crippen LogP contribution in [-0.4, -0.2) is 33.7 Å². The SMILES string of the molecule is COc1ccc(OC)c(S(=O)(=O)Nc2ccc(NC3CCCCC3)cn2)c1. The summed E-state index contributed by atoms with van der Waals surface area (Å²) >= 11 is 0. The fourth-order valence-corrected chi connectivity index (χ4v) is 4.40. The predicted molar refractivity (Wildman–Crippen MR) is 105 cm³/mol. The first-order valence-electron chi connectivity index (χ1n) is 8.99. The van der Waals surface area contributed by atoms with Crippen LogP contribution in [0, 0.1) is 0 Å². The fourth-order valence-electron chi connectivity index (χ4n) is 3.21. The van der Waals surface area contributed by atoms with Gasteiger partial charge < -0.3 is 14.8 Å². The van der Waals surface area contributed by atoms with E-state index < -0.39 is 10.0 Å². The van der Waals surface area contributed by atoms with Gasteiger partial charge in [0.2, 0.25) is 0 Å². The van der Waals surface area contributed by atoms with Gasteiger partial charge in [0.05, 0.1) is 26.1 Å². The maximum absolute atomic E-state index is 12.7. The van der Waals surface area contributed by atoms with Gasteiger partial charge in [-0.1, -0.05) is 19.3 Å². The number of anilines is 2. The van der Waals surface area contributed by atoms with Crippen LogP contribution in [-0.2, 0) is 10.0 Å². The Morgan fingerprint density at radius 2 is 1.81 bits per heavy atom. The molecule has 1 aromatic heterocycles. The molecule has 27 heavy (non-hydrogen) atoms. The minimum atomic E-state index is -3.87. The van der Waals surface area contributed by atoms with E-state index in [0.29, 0.717) is 11.8 Å². The smallest absolute Gasteiger partial charge is 0.266 e. The lowest BCUT2D eigenvalue weighted by Crippen LogP contribution is -2.22. The third kappa shape index (κ3) is 4.82. The van der Waals surface area contributed by atoms with Crippen LogP contribution in [0.4, 0.5) is 11.5 Å². The summed E-state index contributed by atoms with van der Waals surface area (Å²) < 4.78 is 38.3. The predicted octanol–water partition coefficient (Wildman–Crippen LogP) is 3.64. The first-order chi connectivity index (χ1) is 13.0. The van der Waals surface area contributed by atoms with Gasteiger partial charge in [-0.3, -0.25) is 4.72 Å². The fraction of sp³-hybridized carbons (Fsp3) is 0.421. The Morgan fingerprint density at radius 1 is 1.04 bits per heavy atom. The quantitative estimate of drug-likeness (QED) is 0.749. The van der Waals surface area contributed by atoms with Crippen molar-refractivity contribution in [1.29, 1.82) is 0 Å². The van der Waals surface area contributed by atoms with E-state index in [-0.39, 0.29) is 16.5 Å². The molecule has 1 aliphatic carbocycles.